The number of carbonyl (C=O) groups excluding carboxylic acids is 1. The lowest BCUT2D eigenvalue weighted by Crippen LogP contribution is -2.22. The second kappa shape index (κ2) is 8.76. The van der Waals surface area contributed by atoms with E-state index in [4.69, 9.17) is 16.0 Å². The molecule has 1 unspecified atom stereocenters. The van der Waals surface area contributed by atoms with E-state index in [0.717, 1.165) is 5.56 Å². The van der Waals surface area contributed by atoms with Crippen LogP contribution in [0.4, 0.5) is 0 Å². The second-order valence-corrected chi connectivity index (χ2v) is 4.13. The Morgan fingerprint density at radius 2 is 2.05 bits per heavy atom. The summed E-state index contributed by atoms with van der Waals surface area (Å²) in [6.45, 7) is 11.4. The van der Waals surface area contributed by atoms with Crippen molar-refractivity contribution in [1.29, 1.82) is 0 Å². The fraction of sp³-hybridized carbons (Fsp3) is 0.375. The van der Waals surface area contributed by atoms with Crippen LogP contribution in [0, 0.1) is 6.57 Å². The summed E-state index contributed by atoms with van der Waals surface area (Å²) >= 11 is 0. The van der Waals surface area contributed by atoms with E-state index in [1.165, 1.54) is 6.26 Å². The SMILES string of the molecule is [C-]#[N+]C(C(=O)OCC)/C(=C/OCc1ccccc1)CC. The zero-order valence-corrected chi connectivity index (χ0v) is 11.8. The Balaban J connectivity index is 2.66. The summed E-state index contributed by atoms with van der Waals surface area (Å²) in [5.41, 5.74) is 1.67. The van der Waals surface area contributed by atoms with Crippen LogP contribution in [0.2, 0.25) is 0 Å². The number of nitrogens with zero attached hydrogens (tertiary/aromatic N) is 1. The topological polar surface area (TPSA) is 39.9 Å². The Morgan fingerprint density at radius 1 is 1.35 bits per heavy atom. The first-order chi connectivity index (χ1) is 9.72. The number of carbonyl (C=O) groups is 1. The molecule has 4 heteroatoms. The molecule has 0 heterocycles. The van der Waals surface area contributed by atoms with Gasteiger partial charge in [0, 0.05) is 0 Å². The molecular weight excluding hydrogens is 254 g/mol. The molecule has 0 saturated carbocycles. The van der Waals surface area contributed by atoms with Gasteiger partial charge in [0.05, 0.1) is 18.4 Å². The third kappa shape index (κ3) is 4.77. The summed E-state index contributed by atoms with van der Waals surface area (Å²) in [5, 5.41) is 0. The summed E-state index contributed by atoms with van der Waals surface area (Å²) in [5.74, 6) is -0.515. The largest absolute Gasteiger partial charge is 0.496 e. The molecule has 0 bridgehead atoms. The lowest BCUT2D eigenvalue weighted by molar-refractivity contribution is -0.142. The third-order valence-corrected chi connectivity index (χ3v) is 2.73. The molecule has 0 spiro atoms. The van der Waals surface area contributed by atoms with Crippen molar-refractivity contribution in [2.24, 2.45) is 0 Å². The molecule has 0 aliphatic rings. The van der Waals surface area contributed by atoms with Crippen LogP contribution in [0.1, 0.15) is 25.8 Å². The van der Waals surface area contributed by atoms with Gasteiger partial charge < -0.3 is 9.47 Å². The van der Waals surface area contributed by atoms with Gasteiger partial charge in [-0.25, -0.2) is 11.4 Å². The first-order valence-corrected chi connectivity index (χ1v) is 6.60. The molecule has 1 aromatic carbocycles. The van der Waals surface area contributed by atoms with Crippen LogP contribution in [-0.4, -0.2) is 18.6 Å². The number of hydrogen-bond acceptors (Lipinski definition) is 3. The zero-order valence-electron chi connectivity index (χ0n) is 11.8. The fourth-order valence-corrected chi connectivity index (χ4v) is 1.67. The quantitative estimate of drug-likeness (QED) is 0.434. The van der Waals surface area contributed by atoms with Crippen molar-refractivity contribution in [1.82, 2.24) is 0 Å². The minimum Gasteiger partial charge on any atom is -0.496 e. The molecule has 0 aliphatic carbocycles. The predicted molar refractivity (Wildman–Crippen MR) is 76.6 cm³/mol. The van der Waals surface area contributed by atoms with Crippen molar-refractivity contribution in [2.75, 3.05) is 6.61 Å². The summed E-state index contributed by atoms with van der Waals surface area (Å²) in [6, 6.07) is 8.81. The summed E-state index contributed by atoms with van der Waals surface area (Å²) in [6.07, 6.45) is 2.08. The highest BCUT2D eigenvalue weighted by Gasteiger charge is 2.29. The summed E-state index contributed by atoms with van der Waals surface area (Å²) in [4.78, 5) is 15.0. The monoisotopic (exact) mass is 273 g/mol. The van der Waals surface area contributed by atoms with Gasteiger partial charge in [0.2, 0.25) is 0 Å². The maximum absolute atomic E-state index is 11.7. The van der Waals surface area contributed by atoms with E-state index >= 15 is 0 Å². The molecule has 4 nitrogen and oxygen atoms in total. The molecule has 0 aliphatic heterocycles. The molecule has 1 atom stereocenters. The van der Waals surface area contributed by atoms with Crippen molar-refractivity contribution in [3.63, 3.8) is 0 Å². The van der Waals surface area contributed by atoms with Crippen molar-refractivity contribution in [3.05, 3.63) is 59.1 Å². The smallest absolute Gasteiger partial charge is 0.395 e. The lowest BCUT2D eigenvalue weighted by Gasteiger charge is -2.08. The highest BCUT2D eigenvalue weighted by atomic mass is 16.5. The maximum Gasteiger partial charge on any atom is 0.395 e. The van der Waals surface area contributed by atoms with E-state index in [0.29, 0.717) is 18.6 Å². The highest BCUT2D eigenvalue weighted by molar-refractivity contribution is 5.81. The van der Waals surface area contributed by atoms with Gasteiger partial charge in [-0.2, -0.15) is 0 Å². The Hall–Kier alpha value is -2.28. The molecule has 1 rings (SSSR count). The van der Waals surface area contributed by atoms with E-state index in [-0.39, 0.29) is 6.61 Å². The third-order valence-electron chi connectivity index (χ3n) is 2.73. The van der Waals surface area contributed by atoms with Crippen molar-refractivity contribution in [2.45, 2.75) is 32.9 Å². The molecule has 20 heavy (non-hydrogen) atoms. The lowest BCUT2D eigenvalue weighted by atomic mass is 10.1. The minimum atomic E-state index is -0.907. The van der Waals surface area contributed by atoms with Gasteiger partial charge >= 0.3 is 12.0 Å². The first-order valence-electron chi connectivity index (χ1n) is 6.60. The number of rotatable bonds is 7. The van der Waals surface area contributed by atoms with Crippen molar-refractivity contribution in [3.8, 4) is 0 Å². The van der Waals surface area contributed by atoms with Gasteiger partial charge in [-0.3, -0.25) is 4.85 Å². The molecule has 0 aromatic heterocycles. The summed E-state index contributed by atoms with van der Waals surface area (Å²) in [7, 11) is 0. The van der Waals surface area contributed by atoms with Crippen LogP contribution in [0.3, 0.4) is 0 Å². The standard InChI is InChI=1S/C16H19NO3/c1-4-14(15(17-3)16(18)20-5-2)12-19-11-13-9-7-6-8-10-13/h6-10,12,15H,4-5,11H2,1-2H3/b14-12+. The van der Waals surface area contributed by atoms with E-state index in [9.17, 15) is 4.79 Å². The highest BCUT2D eigenvalue weighted by Crippen LogP contribution is 2.14. The van der Waals surface area contributed by atoms with E-state index in [2.05, 4.69) is 4.85 Å². The number of ether oxygens (including phenoxy) is 2. The molecule has 0 N–H and O–H groups in total. The van der Waals surface area contributed by atoms with Crippen molar-refractivity contribution < 1.29 is 14.3 Å². The van der Waals surface area contributed by atoms with Gasteiger partial charge in [-0.15, -0.1) is 0 Å². The second-order valence-electron chi connectivity index (χ2n) is 4.13. The fourth-order valence-electron chi connectivity index (χ4n) is 1.67. The molecule has 0 amide bonds. The average molecular weight is 273 g/mol. The Morgan fingerprint density at radius 3 is 2.60 bits per heavy atom. The average Bonchev–Trinajstić information content (AvgIpc) is 2.47. The molecule has 1 aromatic rings. The van der Waals surface area contributed by atoms with Gasteiger partial charge in [0.15, 0.2) is 0 Å². The van der Waals surface area contributed by atoms with Gasteiger partial charge in [0.1, 0.15) is 6.61 Å². The number of esters is 1. The number of hydrogen-bond donors (Lipinski definition) is 0. The van der Waals surface area contributed by atoms with E-state index < -0.39 is 12.0 Å². The molecule has 0 saturated heterocycles. The molecule has 0 fully saturated rings. The maximum atomic E-state index is 11.7. The molecule has 106 valence electrons. The van der Waals surface area contributed by atoms with Gasteiger partial charge in [0.25, 0.3) is 0 Å². The molecule has 0 radical (unpaired) electrons. The van der Waals surface area contributed by atoms with Crippen LogP contribution in [0.25, 0.3) is 4.85 Å². The Labute approximate surface area is 119 Å². The van der Waals surface area contributed by atoms with Crippen LogP contribution in [0.15, 0.2) is 42.2 Å². The van der Waals surface area contributed by atoms with E-state index in [1.54, 1.807) is 6.92 Å². The van der Waals surface area contributed by atoms with Crippen molar-refractivity contribution >= 4 is 5.97 Å². The normalized spacial score (nSPS) is 12.3. The zero-order chi connectivity index (χ0) is 14.8. The van der Waals surface area contributed by atoms with Gasteiger partial charge in [-0.05, 0) is 18.9 Å². The van der Waals surface area contributed by atoms with E-state index in [1.807, 2.05) is 37.3 Å². The molecular formula is C16H19NO3. The van der Waals surface area contributed by atoms with Crippen LogP contribution < -0.4 is 0 Å². The number of benzene rings is 1. The van der Waals surface area contributed by atoms with Crippen LogP contribution >= 0.6 is 0 Å². The Bertz CT molecular complexity index is 488. The van der Waals surface area contributed by atoms with Crippen LogP contribution in [-0.2, 0) is 20.9 Å². The van der Waals surface area contributed by atoms with Crippen LogP contribution in [0.5, 0.6) is 0 Å². The summed E-state index contributed by atoms with van der Waals surface area (Å²) < 4.78 is 10.4. The Kier molecular flexibility index (Phi) is 6.91. The minimum absolute atomic E-state index is 0.271. The first kappa shape index (κ1) is 15.8. The van der Waals surface area contributed by atoms with Gasteiger partial charge in [-0.1, -0.05) is 37.3 Å². The predicted octanol–water partition coefficient (Wildman–Crippen LogP) is 3.35.